The average Bonchev–Trinajstić information content (AvgIpc) is 2.26. The van der Waals surface area contributed by atoms with Gasteiger partial charge in [-0.1, -0.05) is 13.0 Å². The zero-order valence-corrected chi connectivity index (χ0v) is 9.07. The molecule has 1 heterocycles. The van der Waals surface area contributed by atoms with Crippen LogP contribution in [-0.2, 0) is 6.61 Å². The van der Waals surface area contributed by atoms with Gasteiger partial charge in [0.2, 0.25) is 0 Å². The first-order chi connectivity index (χ1) is 6.70. The largest absolute Gasteiger partial charge is 0.392 e. The van der Waals surface area contributed by atoms with Crippen LogP contribution in [0.4, 0.5) is 5.82 Å². The second-order valence-electron chi connectivity index (χ2n) is 3.51. The fourth-order valence-corrected chi connectivity index (χ4v) is 1.35. The quantitative estimate of drug-likeness (QED) is 0.794. The third kappa shape index (κ3) is 2.23. The minimum atomic E-state index is 0.0456. The first kappa shape index (κ1) is 11.0. The minimum Gasteiger partial charge on any atom is -0.392 e. The molecule has 1 unspecified atom stereocenters. The molecule has 1 atom stereocenters. The van der Waals surface area contributed by atoms with E-state index in [0.29, 0.717) is 6.04 Å². The summed E-state index contributed by atoms with van der Waals surface area (Å²) in [5.41, 5.74) is 0.885. The van der Waals surface area contributed by atoms with E-state index >= 15 is 0 Å². The van der Waals surface area contributed by atoms with E-state index in [4.69, 9.17) is 5.11 Å². The topological polar surface area (TPSA) is 36.4 Å². The van der Waals surface area contributed by atoms with Gasteiger partial charge >= 0.3 is 0 Å². The Hall–Kier alpha value is -1.09. The number of hydrogen-bond donors (Lipinski definition) is 1. The molecule has 78 valence electrons. The summed E-state index contributed by atoms with van der Waals surface area (Å²) in [6.45, 7) is 4.34. The summed E-state index contributed by atoms with van der Waals surface area (Å²) in [7, 11) is 2.01. The van der Waals surface area contributed by atoms with Gasteiger partial charge in [0, 0.05) is 24.8 Å². The van der Waals surface area contributed by atoms with Crippen molar-refractivity contribution in [1.29, 1.82) is 0 Å². The fraction of sp³-hybridized carbons (Fsp3) is 0.545. The van der Waals surface area contributed by atoms with Crippen molar-refractivity contribution in [1.82, 2.24) is 4.98 Å². The van der Waals surface area contributed by atoms with Crippen LogP contribution in [0.25, 0.3) is 0 Å². The zero-order valence-electron chi connectivity index (χ0n) is 9.07. The highest BCUT2D eigenvalue weighted by Crippen LogP contribution is 2.18. The summed E-state index contributed by atoms with van der Waals surface area (Å²) in [6, 6.07) is 4.19. The standard InChI is InChI=1S/C11H18N2O/c1-4-9(2)13(3)11-10(8-14)6-5-7-12-11/h5-7,9,14H,4,8H2,1-3H3. The van der Waals surface area contributed by atoms with Crippen LogP contribution in [0.3, 0.4) is 0 Å². The summed E-state index contributed by atoms with van der Waals surface area (Å²) < 4.78 is 0. The van der Waals surface area contributed by atoms with Crippen LogP contribution in [0.1, 0.15) is 25.8 Å². The average molecular weight is 194 g/mol. The molecular formula is C11H18N2O. The maximum atomic E-state index is 9.16. The number of anilines is 1. The lowest BCUT2D eigenvalue weighted by Gasteiger charge is -2.26. The summed E-state index contributed by atoms with van der Waals surface area (Å²) in [4.78, 5) is 6.39. The Morgan fingerprint density at radius 2 is 2.29 bits per heavy atom. The second-order valence-corrected chi connectivity index (χ2v) is 3.51. The lowest BCUT2D eigenvalue weighted by molar-refractivity contribution is 0.281. The highest BCUT2D eigenvalue weighted by atomic mass is 16.3. The van der Waals surface area contributed by atoms with Gasteiger partial charge in [-0.15, -0.1) is 0 Å². The lowest BCUT2D eigenvalue weighted by Crippen LogP contribution is -2.29. The first-order valence-corrected chi connectivity index (χ1v) is 4.98. The molecule has 14 heavy (non-hydrogen) atoms. The van der Waals surface area contributed by atoms with Crippen molar-refractivity contribution >= 4 is 5.82 Å². The van der Waals surface area contributed by atoms with Crippen molar-refractivity contribution in [2.45, 2.75) is 32.9 Å². The van der Waals surface area contributed by atoms with Crippen LogP contribution in [-0.4, -0.2) is 23.2 Å². The number of pyridine rings is 1. The summed E-state index contributed by atoms with van der Waals surface area (Å²) in [5.74, 6) is 0.879. The van der Waals surface area contributed by atoms with E-state index in [2.05, 4.69) is 23.7 Å². The molecule has 0 bridgehead atoms. The number of hydrogen-bond acceptors (Lipinski definition) is 3. The molecule has 0 saturated carbocycles. The van der Waals surface area contributed by atoms with Crippen molar-refractivity contribution in [3.05, 3.63) is 23.9 Å². The Labute approximate surface area is 85.4 Å². The monoisotopic (exact) mass is 194 g/mol. The molecule has 0 aliphatic carbocycles. The molecule has 0 amide bonds. The fourth-order valence-electron chi connectivity index (χ4n) is 1.35. The maximum Gasteiger partial charge on any atom is 0.134 e. The molecule has 0 aromatic carbocycles. The maximum absolute atomic E-state index is 9.16. The molecule has 0 fully saturated rings. The third-order valence-corrected chi connectivity index (χ3v) is 2.62. The lowest BCUT2D eigenvalue weighted by atomic mass is 10.2. The van der Waals surface area contributed by atoms with E-state index in [0.717, 1.165) is 17.8 Å². The zero-order chi connectivity index (χ0) is 10.6. The van der Waals surface area contributed by atoms with Gasteiger partial charge in [0.05, 0.1) is 6.61 Å². The molecule has 0 radical (unpaired) electrons. The van der Waals surface area contributed by atoms with Crippen LogP contribution in [0.5, 0.6) is 0 Å². The molecular weight excluding hydrogens is 176 g/mol. The summed E-state index contributed by atoms with van der Waals surface area (Å²) >= 11 is 0. The van der Waals surface area contributed by atoms with Crippen molar-refractivity contribution < 1.29 is 5.11 Å². The van der Waals surface area contributed by atoms with Gasteiger partial charge in [-0.2, -0.15) is 0 Å². The predicted molar refractivity (Wildman–Crippen MR) is 58.3 cm³/mol. The summed E-state index contributed by atoms with van der Waals surface area (Å²) in [5, 5.41) is 9.16. The van der Waals surface area contributed by atoms with E-state index in [1.165, 1.54) is 0 Å². The van der Waals surface area contributed by atoms with Crippen LogP contribution < -0.4 is 4.90 Å². The molecule has 1 N–H and O–H groups in total. The Morgan fingerprint density at radius 1 is 1.57 bits per heavy atom. The molecule has 0 aliphatic rings. The number of aromatic nitrogens is 1. The Balaban J connectivity index is 2.93. The first-order valence-electron chi connectivity index (χ1n) is 4.98. The van der Waals surface area contributed by atoms with Crippen molar-refractivity contribution in [2.75, 3.05) is 11.9 Å². The van der Waals surface area contributed by atoms with Crippen molar-refractivity contribution in [3.63, 3.8) is 0 Å². The van der Waals surface area contributed by atoms with E-state index in [9.17, 15) is 0 Å². The number of aliphatic hydroxyl groups is 1. The Morgan fingerprint density at radius 3 is 2.86 bits per heavy atom. The van der Waals surface area contributed by atoms with Gasteiger partial charge in [0.15, 0.2) is 0 Å². The van der Waals surface area contributed by atoms with E-state index < -0.39 is 0 Å². The van der Waals surface area contributed by atoms with Crippen molar-refractivity contribution in [3.8, 4) is 0 Å². The van der Waals surface area contributed by atoms with Gasteiger partial charge in [-0.05, 0) is 19.4 Å². The van der Waals surface area contributed by atoms with E-state index in [-0.39, 0.29) is 6.61 Å². The van der Waals surface area contributed by atoms with Crippen LogP contribution in [0, 0.1) is 0 Å². The molecule has 1 aromatic heterocycles. The van der Waals surface area contributed by atoms with E-state index in [1.807, 2.05) is 19.2 Å². The molecule has 0 saturated heterocycles. The molecule has 0 aliphatic heterocycles. The number of rotatable bonds is 4. The SMILES string of the molecule is CCC(C)N(C)c1ncccc1CO. The van der Waals surface area contributed by atoms with E-state index in [1.54, 1.807) is 6.20 Å². The molecule has 1 aromatic rings. The minimum absolute atomic E-state index is 0.0456. The van der Waals surface area contributed by atoms with Crippen LogP contribution in [0.15, 0.2) is 18.3 Å². The highest BCUT2D eigenvalue weighted by molar-refractivity contribution is 5.46. The normalized spacial score (nSPS) is 12.6. The molecule has 0 spiro atoms. The molecule has 1 rings (SSSR count). The van der Waals surface area contributed by atoms with Gasteiger partial charge < -0.3 is 10.0 Å². The second kappa shape index (κ2) is 4.96. The van der Waals surface area contributed by atoms with Gasteiger partial charge in [0.1, 0.15) is 5.82 Å². The van der Waals surface area contributed by atoms with Crippen LogP contribution in [0.2, 0.25) is 0 Å². The number of nitrogens with zero attached hydrogens (tertiary/aromatic N) is 2. The molecule has 3 heteroatoms. The van der Waals surface area contributed by atoms with Crippen LogP contribution >= 0.6 is 0 Å². The third-order valence-electron chi connectivity index (χ3n) is 2.62. The van der Waals surface area contributed by atoms with Gasteiger partial charge in [0.25, 0.3) is 0 Å². The summed E-state index contributed by atoms with van der Waals surface area (Å²) in [6.07, 6.45) is 2.82. The van der Waals surface area contributed by atoms with Gasteiger partial charge in [-0.3, -0.25) is 0 Å². The van der Waals surface area contributed by atoms with Crippen molar-refractivity contribution in [2.24, 2.45) is 0 Å². The Kier molecular flexibility index (Phi) is 3.89. The molecule has 3 nitrogen and oxygen atoms in total. The predicted octanol–water partition coefficient (Wildman–Crippen LogP) is 1.81. The number of aliphatic hydroxyl groups excluding tert-OH is 1. The van der Waals surface area contributed by atoms with Gasteiger partial charge in [-0.25, -0.2) is 4.98 Å². The smallest absolute Gasteiger partial charge is 0.134 e. The Bertz CT molecular complexity index is 288. The highest BCUT2D eigenvalue weighted by Gasteiger charge is 2.12.